The number of sulfone groups is 1. The molecule has 2 aromatic heterocycles. The van der Waals surface area contributed by atoms with Gasteiger partial charge in [0.15, 0.2) is 15.7 Å². The molecule has 7 nitrogen and oxygen atoms in total. The van der Waals surface area contributed by atoms with Crippen LogP contribution in [0.2, 0.25) is 0 Å². The molecule has 0 aliphatic carbocycles. The normalized spacial score (nSPS) is 11.3. The molecule has 0 unspecified atom stereocenters. The topological polar surface area (TPSA) is 101 Å². The second kappa shape index (κ2) is 6.17. The molecule has 3 rings (SSSR count). The summed E-state index contributed by atoms with van der Waals surface area (Å²) in [6.45, 7) is 0.446. The molecule has 0 radical (unpaired) electrons. The second-order valence-corrected chi connectivity index (χ2v) is 6.99. The van der Waals surface area contributed by atoms with E-state index >= 15 is 0 Å². The Hall–Kier alpha value is -2.74. The van der Waals surface area contributed by atoms with Crippen LogP contribution < -0.4 is 5.32 Å². The van der Waals surface area contributed by atoms with Gasteiger partial charge in [-0.25, -0.2) is 18.4 Å². The molecule has 3 aromatic rings. The van der Waals surface area contributed by atoms with E-state index in [4.69, 9.17) is 0 Å². The molecule has 0 spiro atoms. The smallest absolute Gasteiger partial charge is 0.179 e. The lowest BCUT2D eigenvalue weighted by atomic mass is 10.1. The van der Waals surface area contributed by atoms with Crippen molar-refractivity contribution in [3.05, 3.63) is 54.5 Å². The number of nitrogens with one attached hydrogen (secondary N) is 2. The van der Waals surface area contributed by atoms with Gasteiger partial charge in [0.05, 0.1) is 0 Å². The SMILES string of the molecule is CS(=O)(=O)c1cccnc1NCc1cccc(-c2ncn[nH]2)c1. The Morgan fingerprint density at radius 1 is 1.17 bits per heavy atom. The number of pyridine rings is 1. The highest BCUT2D eigenvalue weighted by atomic mass is 32.2. The number of hydrogen-bond donors (Lipinski definition) is 2. The Bertz CT molecular complexity index is 907. The summed E-state index contributed by atoms with van der Waals surface area (Å²) in [5.41, 5.74) is 1.88. The zero-order valence-corrected chi connectivity index (χ0v) is 13.2. The van der Waals surface area contributed by atoms with Gasteiger partial charge in [-0.3, -0.25) is 5.10 Å². The second-order valence-electron chi connectivity index (χ2n) is 5.01. The van der Waals surface area contributed by atoms with Crippen LogP contribution in [0.3, 0.4) is 0 Å². The first-order valence-electron chi connectivity index (χ1n) is 6.87. The number of aromatic amines is 1. The van der Waals surface area contributed by atoms with Crippen molar-refractivity contribution in [3.8, 4) is 11.4 Å². The highest BCUT2D eigenvalue weighted by Crippen LogP contribution is 2.20. The summed E-state index contributed by atoms with van der Waals surface area (Å²) in [5.74, 6) is 1.03. The van der Waals surface area contributed by atoms with E-state index in [1.807, 2.05) is 24.3 Å². The number of aromatic nitrogens is 4. The fourth-order valence-corrected chi connectivity index (χ4v) is 2.98. The Morgan fingerprint density at radius 3 is 2.78 bits per heavy atom. The summed E-state index contributed by atoms with van der Waals surface area (Å²) in [4.78, 5) is 8.41. The maximum absolute atomic E-state index is 11.8. The van der Waals surface area contributed by atoms with Gasteiger partial charge in [-0.15, -0.1) is 0 Å². The summed E-state index contributed by atoms with van der Waals surface area (Å²) in [6, 6.07) is 10.9. The van der Waals surface area contributed by atoms with Gasteiger partial charge in [-0.05, 0) is 23.8 Å². The van der Waals surface area contributed by atoms with Crippen molar-refractivity contribution in [1.29, 1.82) is 0 Å². The molecule has 2 N–H and O–H groups in total. The molecule has 0 atom stereocenters. The van der Waals surface area contributed by atoms with Crippen LogP contribution in [0.15, 0.2) is 53.8 Å². The van der Waals surface area contributed by atoms with Crippen molar-refractivity contribution >= 4 is 15.7 Å². The van der Waals surface area contributed by atoms with Gasteiger partial charge in [0.2, 0.25) is 0 Å². The van der Waals surface area contributed by atoms with Gasteiger partial charge in [0.1, 0.15) is 17.0 Å². The van der Waals surface area contributed by atoms with Crippen LogP contribution in [0.25, 0.3) is 11.4 Å². The Morgan fingerprint density at radius 2 is 2.04 bits per heavy atom. The van der Waals surface area contributed by atoms with Crippen molar-refractivity contribution in [2.24, 2.45) is 0 Å². The molecule has 2 heterocycles. The Labute approximate surface area is 133 Å². The third-order valence-corrected chi connectivity index (χ3v) is 4.37. The lowest BCUT2D eigenvalue weighted by Crippen LogP contribution is -2.08. The fraction of sp³-hybridized carbons (Fsp3) is 0.133. The molecule has 1 aromatic carbocycles. The first-order valence-corrected chi connectivity index (χ1v) is 8.77. The van der Waals surface area contributed by atoms with Crippen molar-refractivity contribution in [3.63, 3.8) is 0 Å². The third-order valence-electron chi connectivity index (χ3n) is 3.25. The average Bonchev–Trinajstić information content (AvgIpc) is 3.07. The highest BCUT2D eigenvalue weighted by molar-refractivity contribution is 7.90. The van der Waals surface area contributed by atoms with Gasteiger partial charge in [-0.2, -0.15) is 5.10 Å². The van der Waals surface area contributed by atoms with Gasteiger partial charge in [-0.1, -0.05) is 18.2 Å². The van der Waals surface area contributed by atoms with E-state index in [2.05, 4.69) is 25.5 Å². The van der Waals surface area contributed by atoms with Crippen molar-refractivity contribution in [1.82, 2.24) is 20.2 Å². The summed E-state index contributed by atoms with van der Waals surface area (Å²) in [6.07, 6.45) is 4.17. The Kier molecular flexibility index (Phi) is 4.07. The lowest BCUT2D eigenvalue weighted by Gasteiger charge is -2.10. The van der Waals surface area contributed by atoms with Crippen LogP contribution in [0.5, 0.6) is 0 Å². The molecule has 0 bridgehead atoms. The highest BCUT2D eigenvalue weighted by Gasteiger charge is 2.13. The van der Waals surface area contributed by atoms with Gasteiger partial charge in [0.25, 0.3) is 0 Å². The molecule has 0 aliphatic rings. The number of H-pyrrole nitrogens is 1. The van der Waals surface area contributed by atoms with Crippen LogP contribution >= 0.6 is 0 Å². The maximum atomic E-state index is 11.8. The molecule has 0 saturated carbocycles. The number of anilines is 1. The molecular formula is C15H15N5O2S. The largest absolute Gasteiger partial charge is 0.365 e. The maximum Gasteiger partial charge on any atom is 0.179 e. The van der Waals surface area contributed by atoms with E-state index in [1.165, 1.54) is 18.6 Å². The van der Waals surface area contributed by atoms with Gasteiger partial charge in [0, 0.05) is 24.6 Å². The zero-order chi connectivity index (χ0) is 16.3. The standard InChI is InChI=1S/C15H15N5O2S/c1-23(21,22)13-6-3-7-16-15(13)17-9-11-4-2-5-12(8-11)14-18-10-19-20-14/h2-8,10H,9H2,1H3,(H,16,17)(H,18,19,20). The molecule has 0 aliphatic heterocycles. The van der Waals surface area contributed by atoms with E-state index in [0.717, 1.165) is 11.1 Å². The van der Waals surface area contributed by atoms with Crippen LogP contribution in [0.1, 0.15) is 5.56 Å². The number of rotatable bonds is 5. The number of benzene rings is 1. The van der Waals surface area contributed by atoms with E-state index in [-0.39, 0.29) is 4.90 Å². The monoisotopic (exact) mass is 329 g/mol. The van der Waals surface area contributed by atoms with E-state index in [1.54, 1.807) is 12.3 Å². The van der Waals surface area contributed by atoms with Crippen LogP contribution in [0, 0.1) is 0 Å². The van der Waals surface area contributed by atoms with Gasteiger partial charge < -0.3 is 5.32 Å². The summed E-state index contributed by atoms with van der Waals surface area (Å²) in [5, 5.41) is 9.71. The molecule has 0 saturated heterocycles. The predicted molar refractivity (Wildman–Crippen MR) is 86.5 cm³/mol. The molecule has 23 heavy (non-hydrogen) atoms. The first kappa shape index (κ1) is 15.2. The van der Waals surface area contributed by atoms with E-state index < -0.39 is 9.84 Å². The van der Waals surface area contributed by atoms with Crippen LogP contribution in [0.4, 0.5) is 5.82 Å². The van der Waals surface area contributed by atoms with Crippen molar-refractivity contribution in [2.75, 3.05) is 11.6 Å². The molecule has 118 valence electrons. The molecule has 0 amide bonds. The quantitative estimate of drug-likeness (QED) is 0.741. The zero-order valence-electron chi connectivity index (χ0n) is 12.4. The van der Waals surface area contributed by atoms with Crippen LogP contribution in [-0.2, 0) is 16.4 Å². The predicted octanol–water partition coefficient (Wildman–Crippen LogP) is 1.88. The molecular weight excluding hydrogens is 314 g/mol. The summed E-state index contributed by atoms with van der Waals surface area (Å²) in [7, 11) is -3.33. The minimum atomic E-state index is -3.33. The van der Waals surface area contributed by atoms with Crippen LogP contribution in [-0.4, -0.2) is 34.8 Å². The van der Waals surface area contributed by atoms with Gasteiger partial charge >= 0.3 is 0 Å². The number of nitrogens with zero attached hydrogens (tertiary/aromatic N) is 3. The summed E-state index contributed by atoms with van der Waals surface area (Å²) >= 11 is 0. The van der Waals surface area contributed by atoms with Crippen molar-refractivity contribution < 1.29 is 8.42 Å². The van der Waals surface area contributed by atoms with E-state index in [9.17, 15) is 8.42 Å². The Balaban J connectivity index is 1.81. The van der Waals surface area contributed by atoms with Crippen molar-refractivity contribution in [2.45, 2.75) is 11.4 Å². The number of hydrogen-bond acceptors (Lipinski definition) is 6. The first-order chi connectivity index (χ1) is 11.0. The fourth-order valence-electron chi connectivity index (χ4n) is 2.18. The molecule has 8 heteroatoms. The lowest BCUT2D eigenvalue weighted by molar-refractivity contribution is 0.601. The third kappa shape index (κ3) is 3.54. The van der Waals surface area contributed by atoms with E-state index in [0.29, 0.717) is 18.2 Å². The summed E-state index contributed by atoms with van der Waals surface area (Å²) < 4.78 is 23.6. The minimum absolute atomic E-state index is 0.186. The average molecular weight is 329 g/mol. The molecule has 0 fully saturated rings. The minimum Gasteiger partial charge on any atom is -0.365 e.